The summed E-state index contributed by atoms with van der Waals surface area (Å²) in [4.78, 5) is 11.3. The van der Waals surface area contributed by atoms with Gasteiger partial charge in [-0.2, -0.15) is 13.2 Å². The fraction of sp³-hybridized carbons (Fsp3) is 0.300. The molecule has 1 aromatic rings. The summed E-state index contributed by atoms with van der Waals surface area (Å²) in [5.41, 5.74) is 6.67. The van der Waals surface area contributed by atoms with Gasteiger partial charge in [0.15, 0.2) is 0 Å². The molecule has 0 radical (unpaired) electrons. The van der Waals surface area contributed by atoms with Crippen LogP contribution in [0, 0.1) is 6.92 Å². The number of alkyl halides is 3. The van der Waals surface area contributed by atoms with E-state index in [4.69, 9.17) is 5.73 Å². The molecule has 3 nitrogen and oxygen atoms in total. The van der Waals surface area contributed by atoms with Crippen LogP contribution in [0.5, 0.6) is 0 Å². The summed E-state index contributed by atoms with van der Waals surface area (Å²) in [6, 6.07) is 4.43. The number of amides is 1. The van der Waals surface area contributed by atoms with E-state index in [1.165, 1.54) is 12.1 Å². The van der Waals surface area contributed by atoms with Crippen molar-refractivity contribution < 1.29 is 18.0 Å². The number of nitrogens with one attached hydrogen (secondary N) is 1. The number of aryl methyl sites for hydroxylation is 1. The number of hydrogen-bond acceptors (Lipinski definition) is 2. The summed E-state index contributed by atoms with van der Waals surface area (Å²) in [5, 5.41) is 1.77. The first kappa shape index (κ1) is 12.4. The lowest BCUT2D eigenvalue weighted by atomic mass is 10.1. The van der Waals surface area contributed by atoms with Crippen molar-refractivity contribution in [2.45, 2.75) is 13.1 Å². The molecule has 0 fully saturated rings. The zero-order valence-electron chi connectivity index (χ0n) is 8.56. The summed E-state index contributed by atoms with van der Waals surface area (Å²) < 4.78 is 35.6. The highest BCUT2D eigenvalue weighted by Crippen LogP contribution is 2.14. The Morgan fingerprint density at radius 1 is 1.38 bits per heavy atom. The van der Waals surface area contributed by atoms with E-state index < -0.39 is 18.6 Å². The lowest BCUT2D eigenvalue weighted by Crippen LogP contribution is -2.33. The minimum absolute atomic E-state index is 0.127. The molecular weight excluding hydrogens is 221 g/mol. The second kappa shape index (κ2) is 4.42. The van der Waals surface area contributed by atoms with Gasteiger partial charge in [0.05, 0.1) is 0 Å². The van der Waals surface area contributed by atoms with E-state index in [0.29, 0.717) is 5.69 Å². The standard InChI is InChI=1S/C10H11F3N2O/c1-6-2-7(4-8(14)3-6)9(16)15-5-10(11,12)13/h2-4H,5,14H2,1H3,(H,15,16). The molecule has 0 saturated carbocycles. The van der Waals surface area contributed by atoms with E-state index in [9.17, 15) is 18.0 Å². The van der Waals surface area contributed by atoms with Crippen LogP contribution in [0.2, 0.25) is 0 Å². The van der Waals surface area contributed by atoms with Crippen molar-refractivity contribution in [3.05, 3.63) is 29.3 Å². The van der Waals surface area contributed by atoms with Gasteiger partial charge in [-0.05, 0) is 30.7 Å². The van der Waals surface area contributed by atoms with Gasteiger partial charge >= 0.3 is 6.18 Å². The van der Waals surface area contributed by atoms with Gasteiger partial charge in [0, 0.05) is 11.3 Å². The third kappa shape index (κ3) is 3.80. The van der Waals surface area contributed by atoms with Crippen LogP contribution in [0.3, 0.4) is 0 Å². The van der Waals surface area contributed by atoms with Crippen molar-refractivity contribution in [1.29, 1.82) is 0 Å². The minimum atomic E-state index is -4.41. The topological polar surface area (TPSA) is 55.1 Å². The first-order valence-corrected chi connectivity index (χ1v) is 4.50. The Hall–Kier alpha value is -1.72. The van der Waals surface area contributed by atoms with Crippen molar-refractivity contribution in [2.24, 2.45) is 0 Å². The molecule has 1 amide bonds. The predicted octanol–water partition coefficient (Wildman–Crippen LogP) is 1.87. The highest BCUT2D eigenvalue weighted by molar-refractivity contribution is 5.95. The molecule has 6 heteroatoms. The van der Waals surface area contributed by atoms with Gasteiger partial charge in [0.2, 0.25) is 0 Å². The smallest absolute Gasteiger partial charge is 0.399 e. The average Bonchev–Trinajstić information content (AvgIpc) is 2.11. The number of nitrogen functional groups attached to an aromatic ring is 1. The molecule has 1 rings (SSSR count). The monoisotopic (exact) mass is 232 g/mol. The summed E-state index contributed by atoms with van der Waals surface area (Å²) >= 11 is 0. The summed E-state index contributed by atoms with van der Waals surface area (Å²) in [6.07, 6.45) is -4.41. The maximum Gasteiger partial charge on any atom is 0.405 e. The maximum atomic E-state index is 11.9. The molecule has 88 valence electrons. The van der Waals surface area contributed by atoms with Crippen molar-refractivity contribution in [3.8, 4) is 0 Å². The third-order valence-electron chi connectivity index (χ3n) is 1.81. The van der Waals surface area contributed by atoms with Crippen LogP contribution in [0.4, 0.5) is 18.9 Å². The normalized spacial score (nSPS) is 11.2. The molecular formula is C10H11F3N2O. The van der Waals surface area contributed by atoms with Gasteiger partial charge in [0.25, 0.3) is 5.91 Å². The summed E-state index contributed by atoms with van der Waals surface area (Å²) in [6.45, 7) is 0.358. The zero-order chi connectivity index (χ0) is 12.3. The molecule has 0 spiro atoms. The number of carbonyl (C=O) groups is 1. The average molecular weight is 232 g/mol. The lowest BCUT2D eigenvalue weighted by molar-refractivity contribution is -0.123. The Morgan fingerprint density at radius 3 is 2.50 bits per heavy atom. The van der Waals surface area contributed by atoms with Crippen LogP contribution in [0.1, 0.15) is 15.9 Å². The molecule has 0 aromatic heterocycles. The Bertz CT molecular complexity index is 381. The quantitative estimate of drug-likeness (QED) is 0.765. The van der Waals surface area contributed by atoms with Crippen LogP contribution in [0.15, 0.2) is 18.2 Å². The minimum Gasteiger partial charge on any atom is -0.399 e. The molecule has 0 bridgehead atoms. The molecule has 0 unspecified atom stereocenters. The van der Waals surface area contributed by atoms with Crippen molar-refractivity contribution in [3.63, 3.8) is 0 Å². The van der Waals surface area contributed by atoms with Crippen LogP contribution in [-0.2, 0) is 0 Å². The van der Waals surface area contributed by atoms with Crippen LogP contribution >= 0.6 is 0 Å². The van der Waals surface area contributed by atoms with Crippen LogP contribution < -0.4 is 11.1 Å². The van der Waals surface area contributed by atoms with E-state index in [-0.39, 0.29) is 5.56 Å². The number of benzene rings is 1. The van der Waals surface area contributed by atoms with E-state index >= 15 is 0 Å². The molecule has 0 atom stereocenters. The van der Waals surface area contributed by atoms with E-state index in [0.717, 1.165) is 5.56 Å². The number of halogens is 3. The molecule has 0 aliphatic heterocycles. The van der Waals surface area contributed by atoms with Gasteiger partial charge in [-0.15, -0.1) is 0 Å². The first-order chi connectivity index (χ1) is 7.28. The molecule has 0 saturated heterocycles. The fourth-order valence-corrected chi connectivity index (χ4v) is 1.23. The second-order valence-corrected chi connectivity index (χ2v) is 3.43. The molecule has 0 aliphatic carbocycles. The Kier molecular flexibility index (Phi) is 3.41. The SMILES string of the molecule is Cc1cc(N)cc(C(=O)NCC(F)(F)F)c1. The van der Waals surface area contributed by atoms with Gasteiger partial charge < -0.3 is 11.1 Å². The van der Waals surface area contributed by atoms with Gasteiger partial charge in [-0.25, -0.2) is 0 Å². The molecule has 0 heterocycles. The first-order valence-electron chi connectivity index (χ1n) is 4.50. The number of rotatable bonds is 2. The Balaban J connectivity index is 2.73. The number of anilines is 1. The third-order valence-corrected chi connectivity index (χ3v) is 1.81. The zero-order valence-corrected chi connectivity index (χ0v) is 8.56. The van der Waals surface area contributed by atoms with Gasteiger partial charge in [-0.3, -0.25) is 4.79 Å². The number of carbonyl (C=O) groups excluding carboxylic acids is 1. The molecule has 3 N–H and O–H groups in total. The largest absolute Gasteiger partial charge is 0.405 e. The highest BCUT2D eigenvalue weighted by Gasteiger charge is 2.27. The Labute approximate surface area is 90.4 Å². The molecule has 0 aliphatic rings. The van der Waals surface area contributed by atoms with E-state index in [2.05, 4.69) is 0 Å². The number of hydrogen-bond donors (Lipinski definition) is 2. The molecule has 1 aromatic carbocycles. The Morgan fingerprint density at radius 2 is 2.00 bits per heavy atom. The maximum absolute atomic E-state index is 11.9. The van der Waals surface area contributed by atoms with E-state index in [1.807, 2.05) is 0 Å². The molecule has 16 heavy (non-hydrogen) atoms. The highest BCUT2D eigenvalue weighted by atomic mass is 19.4. The lowest BCUT2D eigenvalue weighted by Gasteiger charge is -2.09. The van der Waals surface area contributed by atoms with Crippen LogP contribution in [-0.4, -0.2) is 18.6 Å². The summed E-state index contributed by atoms with van der Waals surface area (Å²) in [7, 11) is 0. The van der Waals surface area contributed by atoms with Crippen molar-refractivity contribution in [2.75, 3.05) is 12.3 Å². The number of nitrogens with two attached hydrogens (primary N) is 1. The van der Waals surface area contributed by atoms with Gasteiger partial charge in [0.1, 0.15) is 6.54 Å². The second-order valence-electron chi connectivity index (χ2n) is 3.43. The van der Waals surface area contributed by atoms with Crippen LogP contribution in [0.25, 0.3) is 0 Å². The predicted molar refractivity (Wildman–Crippen MR) is 54.0 cm³/mol. The van der Waals surface area contributed by atoms with Gasteiger partial charge in [-0.1, -0.05) is 0 Å². The fourth-order valence-electron chi connectivity index (χ4n) is 1.23. The van der Waals surface area contributed by atoms with E-state index in [1.54, 1.807) is 18.3 Å². The van der Waals surface area contributed by atoms with Crippen molar-refractivity contribution >= 4 is 11.6 Å². The summed E-state index contributed by atoms with van der Waals surface area (Å²) in [5.74, 6) is -0.785. The van der Waals surface area contributed by atoms with Crippen molar-refractivity contribution in [1.82, 2.24) is 5.32 Å².